The average Bonchev–Trinajstić information content (AvgIpc) is 3.21. The molecule has 2 aliphatic heterocycles. The smallest absolute Gasteiger partial charge is 0.231 e. The lowest BCUT2D eigenvalue weighted by atomic mass is 9.87. The Kier molecular flexibility index (Phi) is 5.43. The second-order valence-corrected chi connectivity index (χ2v) is 7.47. The Morgan fingerprint density at radius 2 is 1.97 bits per heavy atom. The molecule has 0 spiro atoms. The summed E-state index contributed by atoms with van der Waals surface area (Å²) in [7, 11) is 7.01. The fourth-order valence-corrected chi connectivity index (χ4v) is 4.38. The zero-order valence-electron chi connectivity index (χ0n) is 17.3. The number of quaternary nitrogens is 1. The number of benzene rings is 2. The van der Waals surface area contributed by atoms with Crippen molar-refractivity contribution in [1.82, 2.24) is 0 Å². The van der Waals surface area contributed by atoms with Gasteiger partial charge in [-0.3, -0.25) is 0 Å². The molecule has 2 N–H and O–H groups in total. The summed E-state index contributed by atoms with van der Waals surface area (Å²) in [5.41, 5.74) is 3.02. The molecule has 0 fully saturated rings. The Balaban J connectivity index is 1.70. The van der Waals surface area contributed by atoms with Crippen LogP contribution in [0.15, 0.2) is 24.3 Å². The number of fused-ring (bicyclic) bond motifs is 2. The fourth-order valence-electron chi connectivity index (χ4n) is 4.38. The van der Waals surface area contributed by atoms with Gasteiger partial charge in [-0.25, -0.2) is 0 Å². The van der Waals surface area contributed by atoms with Crippen molar-refractivity contribution in [2.45, 2.75) is 25.0 Å². The number of hydrogen-bond donors (Lipinski definition) is 2. The zero-order valence-corrected chi connectivity index (χ0v) is 17.3. The van der Waals surface area contributed by atoms with Gasteiger partial charge in [0, 0.05) is 24.5 Å². The maximum atomic E-state index is 11.1. The highest BCUT2D eigenvalue weighted by atomic mass is 16.7. The first-order valence-electron chi connectivity index (χ1n) is 9.79. The van der Waals surface area contributed by atoms with E-state index in [0.29, 0.717) is 29.4 Å². The van der Waals surface area contributed by atoms with Crippen LogP contribution in [0.3, 0.4) is 0 Å². The van der Waals surface area contributed by atoms with Gasteiger partial charge in [0.05, 0.1) is 46.6 Å². The van der Waals surface area contributed by atoms with E-state index in [1.54, 1.807) is 27.4 Å². The molecule has 0 saturated carbocycles. The van der Waals surface area contributed by atoms with E-state index in [4.69, 9.17) is 23.7 Å². The third-order valence-electron chi connectivity index (χ3n) is 5.94. The molecule has 1 unspecified atom stereocenters. The summed E-state index contributed by atoms with van der Waals surface area (Å²) in [6.45, 7) is 1.17. The SMILES string of the molecule is COc1ccc([C@@H](O)C[C@H]2c3c(cc4c(c3OC)OCO4)CC[NH+]2C)c(OC)c1. The van der Waals surface area contributed by atoms with Crippen LogP contribution in [-0.2, 0) is 6.42 Å². The van der Waals surface area contributed by atoms with E-state index in [1.165, 1.54) is 10.5 Å². The van der Waals surface area contributed by atoms with E-state index in [-0.39, 0.29) is 12.8 Å². The van der Waals surface area contributed by atoms with Crippen molar-refractivity contribution >= 4 is 0 Å². The first-order valence-corrected chi connectivity index (χ1v) is 9.79. The normalized spacial score (nSPS) is 20.7. The summed E-state index contributed by atoms with van der Waals surface area (Å²) in [6.07, 6.45) is 0.751. The molecule has 2 heterocycles. The zero-order chi connectivity index (χ0) is 20.5. The van der Waals surface area contributed by atoms with E-state index in [9.17, 15) is 5.11 Å². The molecule has 0 aliphatic carbocycles. The second kappa shape index (κ2) is 8.00. The molecule has 0 saturated heterocycles. The van der Waals surface area contributed by atoms with E-state index in [0.717, 1.165) is 29.8 Å². The highest BCUT2D eigenvalue weighted by Gasteiger charge is 2.38. The van der Waals surface area contributed by atoms with Crippen molar-refractivity contribution in [3.8, 4) is 28.7 Å². The van der Waals surface area contributed by atoms with Crippen LogP contribution in [0.1, 0.15) is 35.3 Å². The monoisotopic (exact) mass is 402 g/mol. The molecular weight excluding hydrogens is 374 g/mol. The lowest BCUT2D eigenvalue weighted by Gasteiger charge is -2.34. The quantitative estimate of drug-likeness (QED) is 0.766. The second-order valence-electron chi connectivity index (χ2n) is 7.47. The van der Waals surface area contributed by atoms with Gasteiger partial charge in [-0.15, -0.1) is 0 Å². The van der Waals surface area contributed by atoms with Gasteiger partial charge in [-0.05, 0) is 23.8 Å². The van der Waals surface area contributed by atoms with Gasteiger partial charge in [-0.2, -0.15) is 0 Å². The molecule has 0 amide bonds. The third kappa shape index (κ3) is 3.45. The Bertz CT molecular complexity index is 899. The van der Waals surface area contributed by atoms with Crippen molar-refractivity contribution in [3.63, 3.8) is 0 Å². The van der Waals surface area contributed by atoms with Crippen molar-refractivity contribution in [1.29, 1.82) is 0 Å². The van der Waals surface area contributed by atoms with E-state index >= 15 is 0 Å². The topological polar surface area (TPSA) is 70.8 Å². The van der Waals surface area contributed by atoms with Crippen LogP contribution in [0.4, 0.5) is 0 Å². The molecule has 0 bridgehead atoms. The van der Waals surface area contributed by atoms with Crippen LogP contribution in [0.5, 0.6) is 28.7 Å². The molecule has 29 heavy (non-hydrogen) atoms. The summed E-state index contributed by atoms with van der Waals surface area (Å²) in [6, 6.07) is 7.59. The lowest BCUT2D eigenvalue weighted by Crippen LogP contribution is -3.10. The summed E-state index contributed by atoms with van der Waals surface area (Å²) >= 11 is 0. The minimum atomic E-state index is -0.697. The molecule has 156 valence electrons. The molecule has 3 atom stereocenters. The third-order valence-corrected chi connectivity index (χ3v) is 5.94. The van der Waals surface area contributed by atoms with E-state index < -0.39 is 6.10 Å². The number of methoxy groups -OCH3 is 3. The molecule has 4 rings (SSSR count). The number of ether oxygens (including phenoxy) is 5. The van der Waals surface area contributed by atoms with Crippen LogP contribution in [0.2, 0.25) is 0 Å². The predicted molar refractivity (Wildman–Crippen MR) is 106 cm³/mol. The summed E-state index contributed by atoms with van der Waals surface area (Å²) in [5.74, 6) is 3.41. The summed E-state index contributed by atoms with van der Waals surface area (Å²) in [4.78, 5) is 1.32. The molecule has 7 heteroatoms. The largest absolute Gasteiger partial charge is 0.497 e. The Morgan fingerprint density at radius 3 is 2.69 bits per heavy atom. The number of aliphatic hydroxyl groups is 1. The molecule has 0 radical (unpaired) electrons. The van der Waals surface area contributed by atoms with Crippen LogP contribution in [0, 0.1) is 0 Å². The summed E-state index contributed by atoms with van der Waals surface area (Å²) < 4.78 is 27.8. The Labute approximate surface area is 170 Å². The predicted octanol–water partition coefficient (Wildman–Crippen LogP) is 1.68. The molecule has 2 aliphatic rings. The van der Waals surface area contributed by atoms with Gasteiger partial charge in [-0.1, -0.05) is 0 Å². The minimum Gasteiger partial charge on any atom is -0.497 e. The van der Waals surface area contributed by atoms with Gasteiger partial charge in [0.1, 0.15) is 17.5 Å². The Hall–Kier alpha value is -2.64. The van der Waals surface area contributed by atoms with Crippen LogP contribution in [0.25, 0.3) is 0 Å². The first kappa shape index (κ1) is 19.7. The van der Waals surface area contributed by atoms with Gasteiger partial charge in [0.15, 0.2) is 11.5 Å². The number of rotatable bonds is 6. The van der Waals surface area contributed by atoms with Crippen LogP contribution < -0.4 is 28.6 Å². The van der Waals surface area contributed by atoms with Crippen molar-refractivity contribution in [2.75, 3.05) is 41.7 Å². The van der Waals surface area contributed by atoms with Gasteiger partial charge in [0.2, 0.25) is 12.5 Å². The van der Waals surface area contributed by atoms with Crippen molar-refractivity contribution in [3.05, 3.63) is 41.0 Å². The molecule has 2 aromatic carbocycles. The van der Waals surface area contributed by atoms with Crippen molar-refractivity contribution < 1.29 is 33.7 Å². The standard InChI is InChI=1S/C22H27NO6/c1-23-8-7-13-9-19-21(29-12-28-19)22(27-4)20(13)16(23)11-17(24)15-6-5-14(25-2)10-18(15)26-3/h5-6,9-10,16-17,24H,7-8,11-12H2,1-4H3/p+1/t16-,17-/m0/s1. The summed E-state index contributed by atoms with van der Waals surface area (Å²) in [5, 5.41) is 11.1. The van der Waals surface area contributed by atoms with Crippen molar-refractivity contribution in [2.24, 2.45) is 0 Å². The van der Waals surface area contributed by atoms with E-state index in [2.05, 4.69) is 13.1 Å². The number of aliphatic hydroxyl groups excluding tert-OH is 1. The van der Waals surface area contributed by atoms with Crippen LogP contribution >= 0.6 is 0 Å². The molecule has 2 aromatic rings. The highest BCUT2D eigenvalue weighted by Crippen LogP contribution is 2.48. The van der Waals surface area contributed by atoms with Gasteiger partial charge >= 0.3 is 0 Å². The first-order chi connectivity index (χ1) is 14.1. The number of likely N-dealkylation sites (N-methyl/N-ethyl adjacent to an activating group) is 1. The Morgan fingerprint density at radius 1 is 1.14 bits per heavy atom. The van der Waals surface area contributed by atoms with E-state index in [1.807, 2.05) is 12.1 Å². The molecule has 7 nitrogen and oxygen atoms in total. The molecule has 0 aromatic heterocycles. The maximum absolute atomic E-state index is 11.1. The lowest BCUT2D eigenvalue weighted by molar-refractivity contribution is -0.915. The van der Waals surface area contributed by atoms with Crippen LogP contribution in [-0.4, -0.2) is 46.8 Å². The number of hydrogen-bond acceptors (Lipinski definition) is 6. The highest BCUT2D eigenvalue weighted by molar-refractivity contribution is 5.61. The average molecular weight is 402 g/mol. The van der Waals surface area contributed by atoms with Gasteiger partial charge < -0.3 is 33.7 Å². The number of nitrogens with one attached hydrogen (secondary N) is 1. The maximum Gasteiger partial charge on any atom is 0.231 e. The minimum absolute atomic E-state index is 0.0463. The fraction of sp³-hybridized carbons (Fsp3) is 0.455. The molecular formula is C22H28NO6+. The van der Waals surface area contributed by atoms with Gasteiger partial charge in [0.25, 0.3) is 0 Å².